The molecule has 0 saturated heterocycles. The number of aryl methyl sites for hydroxylation is 2. The van der Waals surface area contributed by atoms with E-state index in [0.29, 0.717) is 42.6 Å². The number of pyridine rings is 1. The van der Waals surface area contributed by atoms with E-state index in [4.69, 9.17) is 0 Å². The van der Waals surface area contributed by atoms with Crippen LogP contribution in [-0.4, -0.2) is 26.7 Å². The van der Waals surface area contributed by atoms with Crippen molar-refractivity contribution in [1.29, 1.82) is 5.26 Å². The van der Waals surface area contributed by atoms with Gasteiger partial charge < -0.3 is 15.0 Å². The van der Waals surface area contributed by atoms with Crippen molar-refractivity contribution in [3.63, 3.8) is 0 Å². The molecule has 0 bridgehead atoms. The summed E-state index contributed by atoms with van der Waals surface area (Å²) in [6.45, 7) is 4.14. The van der Waals surface area contributed by atoms with Crippen molar-refractivity contribution in [1.82, 2.24) is 9.55 Å². The number of anilines is 1. The number of aliphatic hydroxyl groups excluding tert-OH is 1. The summed E-state index contributed by atoms with van der Waals surface area (Å²) < 4.78 is 1.93. The Labute approximate surface area is 182 Å². The van der Waals surface area contributed by atoms with E-state index in [9.17, 15) is 15.2 Å². The molecule has 0 radical (unpaired) electrons. The van der Waals surface area contributed by atoms with Crippen LogP contribution in [0.1, 0.15) is 52.9 Å². The van der Waals surface area contributed by atoms with Gasteiger partial charge >= 0.3 is 0 Å². The third-order valence-corrected chi connectivity index (χ3v) is 6.28. The summed E-state index contributed by atoms with van der Waals surface area (Å²) in [7, 11) is 0. The molecular formula is C25H26N4O2. The average molecular weight is 415 g/mol. The first-order valence-electron chi connectivity index (χ1n) is 10.5. The Morgan fingerprint density at radius 2 is 1.97 bits per heavy atom. The third kappa shape index (κ3) is 4.23. The molecule has 158 valence electrons. The maximum atomic E-state index is 12.7. The van der Waals surface area contributed by atoms with Gasteiger partial charge in [-0.3, -0.25) is 9.78 Å². The standard InChI is InChI=1S/C25H26N4O2/c1-17-3-5-21(13-18(17)2)29-12-9-19(15-29)24(31)28-20-4-6-23(27-14-20)25(16-26)10-7-22(30)8-11-25/h3-6,9,12-15,22,30H,7-8,10-11H2,1-2H3,(H,28,31)/t22-,25-. The zero-order chi connectivity index (χ0) is 22.0. The third-order valence-electron chi connectivity index (χ3n) is 6.28. The number of nitrogens with zero attached hydrogens (tertiary/aromatic N) is 3. The van der Waals surface area contributed by atoms with Crippen LogP contribution in [-0.2, 0) is 5.41 Å². The van der Waals surface area contributed by atoms with Gasteiger partial charge in [-0.1, -0.05) is 6.07 Å². The molecule has 2 N–H and O–H groups in total. The van der Waals surface area contributed by atoms with Gasteiger partial charge in [-0.2, -0.15) is 5.26 Å². The van der Waals surface area contributed by atoms with E-state index in [2.05, 4.69) is 42.4 Å². The number of benzene rings is 1. The number of carbonyl (C=O) groups is 1. The van der Waals surface area contributed by atoms with Crippen molar-refractivity contribution in [2.24, 2.45) is 0 Å². The molecule has 6 nitrogen and oxygen atoms in total. The minimum atomic E-state index is -0.662. The van der Waals surface area contributed by atoms with Gasteiger partial charge in [0, 0.05) is 18.1 Å². The number of nitriles is 1. The molecule has 31 heavy (non-hydrogen) atoms. The highest BCUT2D eigenvalue weighted by Gasteiger charge is 2.37. The van der Waals surface area contributed by atoms with Gasteiger partial charge in [-0.25, -0.2) is 0 Å². The fourth-order valence-corrected chi connectivity index (χ4v) is 4.05. The largest absolute Gasteiger partial charge is 0.393 e. The highest BCUT2D eigenvalue weighted by atomic mass is 16.3. The van der Waals surface area contributed by atoms with Gasteiger partial charge in [0.25, 0.3) is 5.91 Å². The van der Waals surface area contributed by atoms with Crippen molar-refractivity contribution in [2.75, 3.05) is 5.32 Å². The molecule has 3 aromatic rings. The lowest BCUT2D eigenvalue weighted by Crippen LogP contribution is -2.33. The van der Waals surface area contributed by atoms with Crippen molar-refractivity contribution < 1.29 is 9.90 Å². The number of amides is 1. The Morgan fingerprint density at radius 1 is 1.19 bits per heavy atom. The Morgan fingerprint density at radius 3 is 2.61 bits per heavy atom. The predicted octanol–water partition coefficient (Wildman–Crippen LogP) is 4.44. The molecule has 0 unspecified atom stereocenters. The van der Waals surface area contributed by atoms with Gasteiger partial charge in [0.2, 0.25) is 0 Å². The van der Waals surface area contributed by atoms with Crippen LogP contribution in [0.3, 0.4) is 0 Å². The summed E-state index contributed by atoms with van der Waals surface area (Å²) in [5.74, 6) is -0.215. The van der Waals surface area contributed by atoms with E-state index in [1.165, 1.54) is 11.1 Å². The van der Waals surface area contributed by atoms with E-state index in [1.54, 1.807) is 30.6 Å². The monoisotopic (exact) mass is 414 g/mol. The molecule has 2 heterocycles. The molecule has 1 aromatic carbocycles. The summed E-state index contributed by atoms with van der Waals surface area (Å²) in [6, 6.07) is 14.0. The molecule has 1 aliphatic carbocycles. The van der Waals surface area contributed by atoms with Gasteiger partial charge in [0.05, 0.1) is 40.7 Å². The van der Waals surface area contributed by atoms with E-state index in [1.807, 2.05) is 16.8 Å². The average Bonchev–Trinajstić information content (AvgIpc) is 3.28. The van der Waals surface area contributed by atoms with Crippen LogP contribution in [0.25, 0.3) is 5.69 Å². The Balaban J connectivity index is 1.46. The van der Waals surface area contributed by atoms with Crippen LogP contribution in [0.2, 0.25) is 0 Å². The Bertz CT molecular complexity index is 1130. The number of rotatable bonds is 4. The summed E-state index contributed by atoms with van der Waals surface area (Å²) in [4.78, 5) is 17.2. The van der Waals surface area contributed by atoms with Gasteiger partial charge in [-0.05, 0) is 81.0 Å². The van der Waals surface area contributed by atoms with E-state index < -0.39 is 5.41 Å². The Hall–Kier alpha value is -3.43. The zero-order valence-corrected chi connectivity index (χ0v) is 17.8. The first-order valence-corrected chi connectivity index (χ1v) is 10.5. The van der Waals surface area contributed by atoms with Crippen molar-refractivity contribution >= 4 is 11.6 Å². The van der Waals surface area contributed by atoms with Crippen molar-refractivity contribution in [2.45, 2.75) is 51.0 Å². The normalized spacial score (nSPS) is 20.8. The molecule has 4 rings (SSSR count). The number of aliphatic hydroxyl groups is 1. The SMILES string of the molecule is Cc1ccc(-n2ccc(C(=O)Nc3ccc([C@]4(C#N)CC[C@@H](O)CC4)nc3)c2)cc1C. The maximum Gasteiger partial charge on any atom is 0.257 e. The van der Waals surface area contributed by atoms with Crippen LogP contribution < -0.4 is 5.32 Å². The number of carbonyl (C=O) groups excluding carboxylic acids is 1. The summed E-state index contributed by atoms with van der Waals surface area (Å²) in [5, 5.41) is 22.4. The molecule has 1 saturated carbocycles. The quantitative estimate of drug-likeness (QED) is 0.660. The zero-order valence-electron chi connectivity index (χ0n) is 17.8. The van der Waals surface area contributed by atoms with E-state index in [-0.39, 0.29) is 12.0 Å². The van der Waals surface area contributed by atoms with Gasteiger partial charge in [0.1, 0.15) is 0 Å². The molecule has 0 atom stereocenters. The smallest absolute Gasteiger partial charge is 0.257 e. The second kappa shape index (κ2) is 8.37. The van der Waals surface area contributed by atoms with E-state index >= 15 is 0 Å². The van der Waals surface area contributed by atoms with E-state index in [0.717, 1.165) is 5.69 Å². The lowest BCUT2D eigenvalue weighted by atomic mass is 9.72. The lowest BCUT2D eigenvalue weighted by molar-refractivity contribution is 0.102. The van der Waals surface area contributed by atoms with Crippen LogP contribution in [0.5, 0.6) is 0 Å². The minimum absolute atomic E-state index is 0.215. The lowest BCUT2D eigenvalue weighted by Gasteiger charge is -2.32. The second-order valence-corrected chi connectivity index (χ2v) is 8.39. The predicted molar refractivity (Wildman–Crippen MR) is 119 cm³/mol. The first-order chi connectivity index (χ1) is 14.9. The molecule has 6 heteroatoms. The highest BCUT2D eigenvalue weighted by Crippen LogP contribution is 2.38. The Kier molecular flexibility index (Phi) is 5.62. The number of hydrogen-bond donors (Lipinski definition) is 2. The number of aromatic nitrogens is 2. The molecule has 2 aromatic heterocycles. The maximum absolute atomic E-state index is 12.7. The molecule has 1 fully saturated rings. The van der Waals surface area contributed by atoms with Crippen LogP contribution >= 0.6 is 0 Å². The summed E-state index contributed by atoms with van der Waals surface area (Å²) in [5.41, 5.74) is 4.60. The minimum Gasteiger partial charge on any atom is -0.393 e. The van der Waals surface area contributed by atoms with Gasteiger partial charge in [-0.15, -0.1) is 0 Å². The number of hydrogen-bond acceptors (Lipinski definition) is 4. The van der Waals surface area contributed by atoms with Crippen molar-refractivity contribution in [3.8, 4) is 11.8 Å². The summed E-state index contributed by atoms with van der Waals surface area (Å²) >= 11 is 0. The molecule has 0 spiro atoms. The second-order valence-electron chi connectivity index (χ2n) is 8.39. The highest BCUT2D eigenvalue weighted by molar-refractivity contribution is 6.04. The van der Waals surface area contributed by atoms with Crippen LogP contribution in [0, 0.1) is 25.2 Å². The molecule has 1 amide bonds. The molecular weight excluding hydrogens is 388 g/mol. The van der Waals surface area contributed by atoms with Gasteiger partial charge in [0.15, 0.2) is 0 Å². The first kappa shape index (κ1) is 20.8. The number of nitrogens with one attached hydrogen (secondary N) is 1. The fraction of sp³-hybridized carbons (Fsp3) is 0.320. The van der Waals surface area contributed by atoms with Crippen LogP contribution in [0.15, 0.2) is 55.0 Å². The van der Waals surface area contributed by atoms with Crippen LogP contribution in [0.4, 0.5) is 5.69 Å². The fourth-order valence-electron chi connectivity index (χ4n) is 4.05. The van der Waals surface area contributed by atoms with Crippen molar-refractivity contribution in [3.05, 3.63) is 77.4 Å². The molecule has 1 aliphatic rings. The molecule has 0 aliphatic heterocycles. The summed E-state index contributed by atoms with van der Waals surface area (Å²) in [6.07, 6.45) is 7.32. The topological polar surface area (TPSA) is 90.9 Å².